The topological polar surface area (TPSA) is 49.9 Å². The van der Waals surface area contributed by atoms with Gasteiger partial charge in [-0.2, -0.15) is 0 Å². The van der Waals surface area contributed by atoms with Crippen LogP contribution in [0.2, 0.25) is 0 Å². The second kappa shape index (κ2) is 7.64. The second-order valence-corrected chi connectivity index (χ2v) is 7.70. The van der Waals surface area contributed by atoms with Gasteiger partial charge in [-0.15, -0.1) is 11.8 Å². The second-order valence-electron chi connectivity index (χ2n) is 6.74. The maximum atomic E-state index is 13.0. The number of methoxy groups -OCH3 is 1. The van der Waals surface area contributed by atoms with Crippen LogP contribution in [-0.4, -0.2) is 52.9 Å². The minimum atomic E-state index is -0.431. The molecule has 27 heavy (non-hydrogen) atoms. The summed E-state index contributed by atoms with van der Waals surface area (Å²) >= 11 is 1.56. The fourth-order valence-electron chi connectivity index (χ4n) is 3.85. The first-order valence-electron chi connectivity index (χ1n) is 9.05. The zero-order valence-electron chi connectivity index (χ0n) is 15.2. The Labute approximate surface area is 163 Å². The molecule has 0 spiro atoms. The molecular formula is C21H22N2O3S. The number of nitrogens with zero attached hydrogens (tertiary/aromatic N) is 2. The Kier molecular flexibility index (Phi) is 5.07. The van der Waals surface area contributed by atoms with Gasteiger partial charge in [-0.1, -0.05) is 48.5 Å². The summed E-state index contributed by atoms with van der Waals surface area (Å²) in [6, 6.07) is 17.3. The summed E-state index contributed by atoms with van der Waals surface area (Å²) in [6.45, 7) is 0.622. The molecule has 2 aliphatic heterocycles. The molecule has 2 aromatic rings. The molecule has 2 fully saturated rings. The number of benzene rings is 2. The standard InChI is InChI=1S/C21H22N2O3S/c1-26-17-10-6-5-9-16(17)19-20(23-14-27-13-18(23)24)21(25)22(19)12-11-15-7-3-2-4-8-15/h2-10,19-20H,11-14H2,1H3/t19-,20-/m1/s1. The Morgan fingerprint density at radius 2 is 1.78 bits per heavy atom. The zero-order chi connectivity index (χ0) is 18.8. The maximum absolute atomic E-state index is 13.0. The van der Waals surface area contributed by atoms with E-state index in [2.05, 4.69) is 12.1 Å². The van der Waals surface area contributed by atoms with Crippen molar-refractivity contribution in [2.24, 2.45) is 0 Å². The number of para-hydroxylation sites is 1. The van der Waals surface area contributed by atoms with Crippen LogP contribution < -0.4 is 4.74 Å². The molecule has 2 aromatic carbocycles. The van der Waals surface area contributed by atoms with Crippen LogP contribution in [0.4, 0.5) is 0 Å². The Bertz CT molecular complexity index is 842. The van der Waals surface area contributed by atoms with Crippen molar-refractivity contribution < 1.29 is 14.3 Å². The molecule has 2 heterocycles. The van der Waals surface area contributed by atoms with E-state index in [0.717, 1.165) is 17.7 Å². The molecular weight excluding hydrogens is 360 g/mol. The molecule has 0 unspecified atom stereocenters. The van der Waals surface area contributed by atoms with Gasteiger partial charge in [0.2, 0.25) is 11.8 Å². The molecule has 0 aliphatic carbocycles. The van der Waals surface area contributed by atoms with Crippen LogP contribution >= 0.6 is 11.8 Å². The largest absolute Gasteiger partial charge is 0.496 e. The number of ether oxygens (including phenoxy) is 1. The molecule has 2 saturated heterocycles. The van der Waals surface area contributed by atoms with Gasteiger partial charge < -0.3 is 14.5 Å². The zero-order valence-corrected chi connectivity index (χ0v) is 16.0. The molecule has 2 aliphatic rings. The van der Waals surface area contributed by atoms with Crippen LogP contribution in [0.1, 0.15) is 17.2 Å². The summed E-state index contributed by atoms with van der Waals surface area (Å²) in [7, 11) is 1.64. The lowest BCUT2D eigenvalue weighted by Crippen LogP contribution is -2.66. The highest BCUT2D eigenvalue weighted by atomic mass is 32.2. The number of hydrogen-bond acceptors (Lipinski definition) is 4. The quantitative estimate of drug-likeness (QED) is 0.721. The highest BCUT2D eigenvalue weighted by Gasteiger charge is 2.53. The minimum absolute atomic E-state index is 0.0256. The fraction of sp³-hybridized carbons (Fsp3) is 0.333. The third-order valence-electron chi connectivity index (χ3n) is 5.22. The number of hydrogen-bond donors (Lipinski definition) is 0. The number of likely N-dealkylation sites (tertiary alicyclic amines) is 1. The summed E-state index contributed by atoms with van der Waals surface area (Å²) in [5.74, 6) is 1.85. The normalized spacial score (nSPS) is 22.1. The highest BCUT2D eigenvalue weighted by Crippen LogP contribution is 2.43. The van der Waals surface area contributed by atoms with E-state index in [1.807, 2.05) is 47.4 Å². The number of thioether (sulfide) groups is 1. The molecule has 2 atom stereocenters. The number of rotatable bonds is 6. The average Bonchev–Trinajstić information content (AvgIpc) is 3.12. The van der Waals surface area contributed by atoms with Gasteiger partial charge in [-0.25, -0.2) is 0 Å². The molecule has 4 rings (SSSR count). The molecule has 0 radical (unpaired) electrons. The number of β-lactam (4-membered cyclic amide) rings is 1. The summed E-state index contributed by atoms with van der Waals surface area (Å²) in [4.78, 5) is 28.9. The van der Waals surface area contributed by atoms with E-state index in [-0.39, 0.29) is 17.9 Å². The number of carbonyl (C=O) groups excluding carboxylic acids is 2. The molecule has 140 valence electrons. The van der Waals surface area contributed by atoms with Crippen molar-refractivity contribution in [2.45, 2.75) is 18.5 Å². The average molecular weight is 382 g/mol. The van der Waals surface area contributed by atoms with Crippen LogP contribution in [0, 0.1) is 0 Å². The van der Waals surface area contributed by atoms with Crippen LogP contribution in [-0.2, 0) is 16.0 Å². The van der Waals surface area contributed by atoms with Gasteiger partial charge in [-0.05, 0) is 18.1 Å². The van der Waals surface area contributed by atoms with Crippen molar-refractivity contribution in [1.29, 1.82) is 0 Å². The van der Waals surface area contributed by atoms with Crippen LogP contribution in [0.25, 0.3) is 0 Å². The molecule has 0 N–H and O–H groups in total. The Balaban J connectivity index is 1.61. The first-order valence-corrected chi connectivity index (χ1v) is 10.2. The minimum Gasteiger partial charge on any atom is -0.496 e. The van der Waals surface area contributed by atoms with E-state index in [0.29, 0.717) is 18.2 Å². The molecule has 2 amide bonds. The number of carbonyl (C=O) groups is 2. The third kappa shape index (κ3) is 3.30. The lowest BCUT2D eigenvalue weighted by Gasteiger charge is -2.50. The Morgan fingerprint density at radius 3 is 2.48 bits per heavy atom. The van der Waals surface area contributed by atoms with Gasteiger partial charge >= 0.3 is 0 Å². The monoisotopic (exact) mass is 382 g/mol. The maximum Gasteiger partial charge on any atom is 0.248 e. The lowest BCUT2D eigenvalue weighted by atomic mass is 9.86. The first-order chi connectivity index (χ1) is 13.2. The van der Waals surface area contributed by atoms with Crippen LogP contribution in [0.15, 0.2) is 54.6 Å². The van der Waals surface area contributed by atoms with E-state index in [4.69, 9.17) is 4.74 Å². The fourth-order valence-corrected chi connectivity index (χ4v) is 4.78. The molecule has 5 nitrogen and oxygen atoms in total. The molecule has 0 saturated carbocycles. The summed E-state index contributed by atoms with van der Waals surface area (Å²) in [5.41, 5.74) is 2.16. The summed E-state index contributed by atoms with van der Waals surface area (Å²) < 4.78 is 5.54. The predicted molar refractivity (Wildman–Crippen MR) is 106 cm³/mol. The summed E-state index contributed by atoms with van der Waals surface area (Å²) in [6.07, 6.45) is 0.785. The van der Waals surface area contributed by atoms with Crippen molar-refractivity contribution in [3.8, 4) is 5.75 Å². The summed E-state index contributed by atoms with van der Waals surface area (Å²) in [5, 5.41) is 0. The van der Waals surface area contributed by atoms with Crippen molar-refractivity contribution in [2.75, 3.05) is 25.3 Å². The first kappa shape index (κ1) is 17.9. The van der Waals surface area contributed by atoms with Crippen molar-refractivity contribution in [3.63, 3.8) is 0 Å². The van der Waals surface area contributed by atoms with Gasteiger partial charge in [0.25, 0.3) is 0 Å². The third-order valence-corrected chi connectivity index (χ3v) is 6.14. The Morgan fingerprint density at radius 1 is 1.04 bits per heavy atom. The highest BCUT2D eigenvalue weighted by molar-refractivity contribution is 8.00. The predicted octanol–water partition coefficient (Wildman–Crippen LogP) is 2.72. The van der Waals surface area contributed by atoms with Crippen LogP contribution in [0.5, 0.6) is 5.75 Å². The van der Waals surface area contributed by atoms with E-state index in [1.54, 1.807) is 23.8 Å². The molecule has 0 bridgehead atoms. The van der Waals surface area contributed by atoms with E-state index >= 15 is 0 Å². The smallest absolute Gasteiger partial charge is 0.248 e. The van der Waals surface area contributed by atoms with Gasteiger partial charge in [0.1, 0.15) is 11.8 Å². The van der Waals surface area contributed by atoms with E-state index in [9.17, 15) is 9.59 Å². The van der Waals surface area contributed by atoms with Gasteiger partial charge in [0.05, 0.1) is 24.8 Å². The van der Waals surface area contributed by atoms with Crippen molar-refractivity contribution >= 4 is 23.6 Å². The Hall–Kier alpha value is -2.47. The van der Waals surface area contributed by atoms with Gasteiger partial charge in [0, 0.05) is 12.1 Å². The van der Waals surface area contributed by atoms with Gasteiger partial charge in [0.15, 0.2) is 0 Å². The molecule has 0 aromatic heterocycles. The van der Waals surface area contributed by atoms with Crippen molar-refractivity contribution in [3.05, 3.63) is 65.7 Å². The van der Waals surface area contributed by atoms with Gasteiger partial charge in [-0.3, -0.25) is 9.59 Å². The van der Waals surface area contributed by atoms with Crippen molar-refractivity contribution in [1.82, 2.24) is 9.80 Å². The van der Waals surface area contributed by atoms with Crippen LogP contribution in [0.3, 0.4) is 0 Å². The SMILES string of the molecule is COc1ccccc1[C@@H]1[C@@H](N2CSCC2=O)C(=O)N1CCc1ccccc1. The molecule has 6 heteroatoms. The van der Waals surface area contributed by atoms with E-state index in [1.165, 1.54) is 5.56 Å². The lowest BCUT2D eigenvalue weighted by molar-refractivity contribution is -0.163. The van der Waals surface area contributed by atoms with E-state index < -0.39 is 6.04 Å². The number of amides is 2.